The second-order valence-corrected chi connectivity index (χ2v) is 7.25. The Bertz CT molecular complexity index is 609. The van der Waals surface area contributed by atoms with Gasteiger partial charge in [0.15, 0.2) is 0 Å². The Hall–Kier alpha value is -2.69. The van der Waals surface area contributed by atoms with E-state index in [1.165, 1.54) is 0 Å². The number of aliphatic carboxylic acids is 2. The van der Waals surface area contributed by atoms with E-state index >= 15 is 0 Å². The van der Waals surface area contributed by atoms with Crippen molar-refractivity contribution in [2.75, 3.05) is 6.54 Å². The van der Waals surface area contributed by atoms with Crippen molar-refractivity contribution in [2.24, 2.45) is 17.6 Å². The molecule has 166 valence electrons. The Morgan fingerprint density at radius 3 is 2.00 bits per heavy atom. The lowest BCUT2D eigenvalue weighted by Gasteiger charge is -2.25. The van der Waals surface area contributed by atoms with Crippen LogP contribution >= 0.6 is 0 Å². The molecule has 0 fully saturated rings. The summed E-state index contributed by atoms with van der Waals surface area (Å²) in [6.07, 6.45) is -0.212. The van der Waals surface area contributed by atoms with Crippen molar-refractivity contribution in [1.82, 2.24) is 16.0 Å². The minimum atomic E-state index is -1.40. The molecule has 4 unspecified atom stereocenters. The Labute approximate surface area is 169 Å². The van der Waals surface area contributed by atoms with Gasteiger partial charge in [-0.05, 0) is 18.3 Å². The number of amides is 3. The van der Waals surface area contributed by atoms with Gasteiger partial charge in [-0.2, -0.15) is 0 Å². The lowest BCUT2D eigenvalue weighted by molar-refractivity contribution is -0.143. The molecule has 7 N–H and O–H groups in total. The van der Waals surface area contributed by atoms with Crippen molar-refractivity contribution in [2.45, 2.75) is 65.1 Å². The van der Waals surface area contributed by atoms with Gasteiger partial charge >= 0.3 is 11.9 Å². The van der Waals surface area contributed by atoms with Crippen LogP contribution in [0.1, 0.15) is 47.0 Å². The molecular formula is C18H32N4O7. The van der Waals surface area contributed by atoms with Crippen LogP contribution in [-0.2, 0) is 24.0 Å². The number of rotatable bonds is 13. The summed E-state index contributed by atoms with van der Waals surface area (Å²) >= 11 is 0. The SMILES string of the molecule is CCC(C)C(NC(=O)CNC(=O)C(N)C(C)C)C(=O)NC(CCC(=O)O)C(=O)O. The number of nitrogens with two attached hydrogens (primary N) is 1. The van der Waals surface area contributed by atoms with Crippen LogP contribution in [-0.4, -0.2) is 64.5 Å². The van der Waals surface area contributed by atoms with Gasteiger partial charge in [0.2, 0.25) is 17.7 Å². The molecular weight excluding hydrogens is 384 g/mol. The first kappa shape index (κ1) is 26.3. The Morgan fingerprint density at radius 1 is 0.966 bits per heavy atom. The number of carboxylic acid groups (broad SMARTS) is 2. The third kappa shape index (κ3) is 9.88. The van der Waals surface area contributed by atoms with Gasteiger partial charge in [0, 0.05) is 6.42 Å². The molecule has 11 heteroatoms. The first-order chi connectivity index (χ1) is 13.4. The van der Waals surface area contributed by atoms with E-state index in [0.717, 1.165) is 0 Å². The third-order valence-corrected chi connectivity index (χ3v) is 4.52. The van der Waals surface area contributed by atoms with E-state index in [4.69, 9.17) is 10.8 Å². The molecule has 0 aromatic heterocycles. The van der Waals surface area contributed by atoms with Crippen LogP contribution in [0.25, 0.3) is 0 Å². The molecule has 0 aromatic rings. The van der Waals surface area contributed by atoms with Gasteiger partial charge < -0.3 is 31.9 Å². The summed E-state index contributed by atoms with van der Waals surface area (Å²) in [5.74, 6) is -4.88. The maximum atomic E-state index is 12.5. The van der Waals surface area contributed by atoms with Crippen LogP contribution in [0.4, 0.5) is 0 Å². The topological polar surface area (TPSA) is 188 Å². The van der Waals surface area contributed by atoms with Crippen molar-refractivity contribution in [1.29, 1.82) is 0 Å². The second-order valence-electron chi connectivity index (χ2n) is 7.25. The fourth-order valence-electron chi connectivity index (χ4n) is 2.30. The van der Waals surface area contributed by atoms with Gasteiger partial charge in [0.1, 0.15) is 12.1 Å². The molecule has 0 rings (SSSR count). The Kier molecular flexibility index (Phi) is 11.5. The van der Waals surface area contributed by atoms with E-state index < -0.39 is 54.2 Å². The molecule has 0 aromatic carbocycles. The average molecular weight is 416 g/mol. The van der Waals surface area contributed by atoms with Crippen molar-refractivity contribution in [3.05, 3.63) is 0 Å². The minimum Gasteiger partial charge on any atom is -0.481 e. The van der Waals surface area contributed by atoms with E-state index in [1.807, 2.05) is 0 Å². The quantitative estimate of drug-likeness (QED) is 0.221. The number of carboxylic acids is 2. The zero-order chi connectivity index (χ0) is 22.7. The van der Waals surface area contributed by atoms with Crippen LogP contribution in [0.15, 0.2) is 0 Å². The van der Waals surface area contributed by atoms with Gasteiger partial charge in [-0.15, -0.1) is 0 Å². The van der Waals surface area contributed by atoms with Gasteiger partial charge in [0.25, 0.3) is 0 Å². The van der Waals surface area contributed by atoms with Crippen molar-refractivity contribution < 1.29 is 34.2 Å². The fourth-order valence-corrected chi connectivity index (χ4v) is 2.30. The molecule has 0 aliphatic rings. The van der Waals surface area contributed by atoms with Crippen molar-refractivity contribution >= 4 is 29.7 Å². The highest BCUT2D eigenvalue weighted by atomic mass is 16.4. The van der Waals surface area contributed by atoms with Crippen LogP contribution in [0.2, 0.25) is 0 Å². The van der Waals surface area contributed by atoms with E-state index in [0.29, 0.717) is 6.42 Å². The normalized spacial score (nSPS) is 15.0. The van der Waals surface area contributed by atoms with Crippen LogP contribution in [0.5, 0.6) is 0 Å². The average Bonchev–Trinajstić information content (AvgIpc) is 2.65. The van der Waals surface area contributed by atoms with Gasteiger partial charge in [-0.3, -0.25) is 19.2 Å². The molecule has 0 saturated carbocycles. The standard InChI is InChI=1S/C18H32N4O7/c1-5-10(4)15(17(27)21-11(18(28)29)6-7-13(24)25)22-12(23)8-20-16(26)14(19)9(2)3/h9-11,14-15H,5-8,19H2,1-4H3,(H,20,26)(H,21,27)(H,22,23)(H,24,25)(H,28,29). The summed E-state index contributed by atoms with van der Waals surface area (Å²) < 4.78 is 0. The summed E-state index contributed by atoms with van der Waals surface area (Å²) in [6.45, 7) is 6.62. The molecule has 0 bridgehead atoms. The highest BCUT2D eigenvalue weighted by Gasteiger charge is 2.30. The number of hydrogen-bond acceptors (Lipinski definition) is 6. The maximum absolute atomic E-state index is 12.5. The highest BCUT2D eigenvalue weighted by Crippen LogP contribution is 2.09. The van der Waals surface area contributed by atoms with Gasteiger partial charge in [-0.25, -0.2) is 4.79 Å². The predicted octanol–water partition coefficient (Wildman–Crippen LogP) is -0.949. The second kappa shape index (κ2) is 12.7. The first-order valence-electron chi connectivity index (χ1n) is 9.48. The molecule has 0 aliphatic heterocycles. The number of nitrogens with one attached hydrogen (secondary N) is 3. The van der Waals surface area contributed by atoms with E-state index in [-0.39, 0.29) is 24.8 Å². The van der Waals surface area contributed by atoms with E-state index in [9.17, 15) is 29.1 Å². The zero-order valence-corrected chi connectivity index (χ0v) is 17.2. The van der Waals surface area contributed by atoms with E-state index in [1.54, 1.807) is 27.7 Å². The zero-order valence-electron chi connectivity index (χ0n) is 17.2. The summed E-state index contributed by atoms with van der Waals surface area (Å²) in [5.41, 5.74) is 5.69. The molecule has 0 heterocycles. The molecule has 11 nitrogen and oxygen atoms in total. The predicted molar refractivity (Wildman–Crippen MR) is 104 cm³/mol. The van der Waals surface area contributed by atoms with E-state index in [2.05, 4.69) is 16.0 Å². The summed E-state index contributed by atoms with van der Waals surface area (Å²) in [4.78, 5) is 58.5. The number of carbonyl (C=O) groups is 5. The summed E-state index contributed by atoms with van der Waals surface area (Å²) in [6, 6.07) is -3.22. The molecule has 4 atom stereocenters. The summed E-state index contributed by atoms with van der Waals surface area (Å²) in [7, 11) is 0. The fraction of sp³-hybridized carbons (Fsp3) is 0.722. The lowest BCUT2D eigenvalue weighted by Crippen LogP contribution is -2.56. The Balaban J connectivity index is 4.99. The van der Waals surface area contributed by atoms with Crippen LogP contribution in [0.3, 0.4) is 0 Å². The highest BCUT2D eigenvalue weighted by molar-refractivity contribution is 5.92. The van der Waals surface area contributed by atoms with Crippen LogP contribution < -0.4 is 21.7 Å². The van der Waals surface area contributed by atoms with Crippen molar-refractivity contribution in [3.8, 4) is 0 Å². The lowest BCUT2D eigenvalue weighted by atomic mass is 9.97. The van der Waals surface area contributed by atoms with Crippen LogP contribution in [0, 0.1) is 11.8 Å². The monoisotopic (exact) mass is 416 g/mol. The largest absolute Gasteiger partial charge is 0.481 e. The maximum Gasteiger partial charge on any atom is 0.326 e. The smallest absolute Gasteiger partial charge is 0.326 e. The molecule has 3 amide bonds. The Morgan fingerprint density at radius 2 is 1.55 bits per heavy atom. The van der Waals surface area contributed by atoms with Gasteiger partial charge in [0.05, 0.1) is 12.6 Å². The first-order valence-corrected chi connectivity index (χ1v) is 9.48. The molecule has 29 heavy (non-hydrogen) atoms. The molecule has 0 spiro atoms. The third-order valence-electron chi connectivity index (χ3n) is 4.52. The minimum absolute atomic E-state index is 0.115. The number of carbonyl (C=O) groups excluding carboxylic acids is 3. The number of hydrogen-bond donors (Lipinski definition) is 6. The van der Waals surface area contributed by atoms with Crippen molar-refractivity contribution in [3.63, 3.8) is 0 Å². The van der Waals surface area contributed by atoms with Gasteiger partial charge in [-0.1, -0.05) is 34.1 Å². The molecule has 0 saturated heterocycles. The molecule has 0 radical (unpaired) electrons. The molecule has 0 aliphatic carbocycles. The summed E-state index contributed by atoms with van der Waals surface area (Å²) in [5, 5.41) is 25.0.